The number of nitrogens with two attached hydrogens (primary N) is 1. The van der Waals surface area contributed by atoms with Crippen molar-refractivity contribution in [3.05, 3.63) is 30.5 Å². The minimum atomic E-state index is -0.908. The van der Waals surface area contributed by atoms with Crippen molar-refractivity contribution in [2.45, 2.75) is 19.1 Å². The molecule has 4 nitrogen and oxygen atoms in total. The standard InChI is InChI=1S/C11H15N3O/c1-11(15,7-12)8-14-10-5-3-2-4-9(10)6-13-14/h2-6,15H,7-8,12H2,1H3. The van der Waals surface area contributed by atoms with Gasteiger partial charge in [0.2, 0.25) is 0 Å². The van der Waals surface area contributed by atoms with E-state index >= 15 is 0 Å². The van der Waals surface area contributed by atoms with E-state index in [0.717, 1.165) is 10.9 Å². The van der Waals surface area contributed by atoms with Crippen LogP contribution in [0, 0.1) is 0 Å². The summed E-state index contributed by atoms with van der Waals surface area (Å²) in [6.45, 7) is 2.35. The number of para-hydroxylation sites is 1. The number of nitrogens with zero attached hydrogens (tertiary/aromatic N) is 2. The van der Waals surface area contributed by atoms with Gasteiger partial charge in [0, 0.05) is 11.9 Å². The van der Waals surface area contributed by atoms with Crippen molar-refractivity contribution in [3.63, 3.8) is 0 Å². The van der Waals surface area contributed by atoms with Crippen LogP contribution in [-0.4, -0.2) is 27.0 Å². The van der Waals surface area contributed by atoms with Crippen LogP contribution in [0.4, 0.5) is 0 Å². The Balaban J connectivity index is 2.37. The van der Waals surface area contributed by atoms with E-state index in [0.29, 0.717) is 6.54 Å². The lowest BCUT2D eigenvalue weighted by Crippen LogP contribution is -2.38. The Labute approximate surface area is 88.3 Å². The number of aliphatic hydroxyl groups is 1. The van der Waals surface area contributed by atoms with E-state index in [2.05, 4.69) is 5.10 Å². The first-order valence-corrected chi connectivity index (χ1v) is 4.95. The lowest BCUT2D eigenvalue weighted by molar-refractivity contribution is 0.0485. The number of fused-ring (bicyclic) bond motifs is 1. The predicted octanol–water partition coefficient (Wildman–Crippen LogP) is 0.746. The van der Waals surface area contributed by atoms with Gasteiger partial charge in [-0.1, -0.05) is 18.2 Å². The zero-order valence-electron chi connectivity index (χ0n) is 8.72. The molecular weight excluding hydrogens is 190 g/mol. The molecule has 1 aromatic heterocycles. The summed E-state index contributed by atoms with van der Waals surface area (Å²) in [5.41, 5.74) is 5.59. The van der Waals surface area contributed by atoms with Gasteiger partial charge in [-0.25, -0.2) is 0 Å². The molecular formula is C11H15N3O. The maximum Gasteiger partial charge on any atom is 0.0936 e. The van der Waals surface area contributed by atoms with Gasteiger partial charge >= 0.3 is 0 Å². The minimum Gasteiger partial charge on any atom is -0.387 e. The molecule has 15 heavy (non-hydrogen) atoms. The number of benzene rings is 1. The molecule has 2 rings (SSSR count). The summed E-state index contributed by atoms with van der Waals surface area (Å²) in [4.78, 5) is 0. The largest absolute Gasteiger partial charge is 0.387 e. The maximum absolute atomic E-state index is 9.87. The molecule has 0 aliphatic rings. The summed E-state index contributed by atoms with van der Waals surface area (Å²) in [5, 5.41) is 15.2. The zero-order valence-corrected chi connectivity index (χ0v) is 8.72. The Morgan fingerprint density at radius 3 is 2.93 bits per heavy atom. The SMILES string of the molecule is CC(O)(CN)Cn1ncc2ccccc21. The van der Waals surface area contributed by atoms with Crippen LogP contribution in [0.2, 0.25) is 0 Å². The molecule has 0 fully saturated rings. The van der Waals surface area contributed by atoms with Crippen LogP contribution in [0.5, 0.6) is 0 Å². The van der Waals surface area contributed by atoms with Crippen LogP contribution in [0.25, 0.3) is 10.9 Å². The van der Waals surface area contributed by atoms with E-state index in [4.69, 9.17) is 5.73 Å². The summed E-state index contributed by atoms with van der Waals surface area (Å²) >= 11 is 0. The number of hydrogen-bond donors (Lipinski definition) is 2. The fraction of sp³-hybridized carbons (Fsp3) is 0.364. The highest BCUT2D eigenvalue weighted by Crippen LogP contribution is 2.15. The van der Waals surface area contributed by atoms with Crippen LogP contribution >= 0.6 is 0 Å². The molecule has 80 valence electrons. The van der Waals surface area contributed by atoms with Crippen LogP contribution in [0.3, 0.4) is 0 Å². The molecule has 1 heterocycles. The van der Waals surface area contributed by atoms with Gasteiger partial charge in [-0.05, 0) is 13.0 Å². The molecule has 0 aliphatic heterocycles. The van der Waals surface area contributed by atoms with Gasteiger partial charge in [-0.15, -0.1) is 0 Å². The molecule has 1 atom stereocenters. The third kappa shape index (κ3) is 2.00. The van der Waals surface area contributed by atoms with Gasteiger partial charge in [0.25, 0.3) is 0 Å². The fourth-order valence-electron chi connectivity index (χ4n) is 1.54. The summed E-state index contributed by atoms with van der Waals surface area (Å²) in [6.07, 6.45) is 1.79. The zero-order chi connectivity index (χ0) is 10.9. The molecule has 0 bridgehead atoms. The second kappa shape index (κ2) is 3.64. The summed E-state index contributed by atoms with van der Waals surface area (Å²) in [5.74, 6) is 0. The quantitative estimate of drug-likeness (QED) is 0.777. The van der Waals surface area contributed by atoms with Crippen LogP contribution < -0.4 is 5.73 Å². The molecule has 0 saturated carbocycles. The summed E-state index contributed by atoms with van der Waals surface area (Å²) in [7, 11) is 0. The average molecular weight is 205 g/mol. The monoisotopic (exact) mass is 205 g/mol. The molecule has 0 spiro atoms. The molecule has 0 amide bonds. The smallest absolute Gasteiger partial charge is 0.0936 e. The van der Waals surface area contributed by atoms with Gasteiger partial charge < -0.3 is 10.8 Å². The van der Waals surface area contributed by atoms with E-state index in [-0.39, 0.29) is 6.54 Å². The predicted molar refractivity (Wildman–Crippen MR) is 59.4 cm³/mol. The highest BCUT2D eigenvalue weighted by molar-refractivity contribution is 5.78. The first-order valence-electron chi connectivity index (χ1n) is 4.95. The first-order chi connectivity index (χ1) is 7.12. The van der Waals surface area contributed by atoms with Gasteiger partial charge in [0.15, 0.2) is 0 Å². The molecule has 0 saturated heterocycles. The van der Waals surface area contributed by atoms with Crippen LogP contribution in [0.15, 0.2) is 30.5 Å². The first kappa shape index (κ1) is 10.1. The topological polar surface area (TPSA) is 64.1 Å². The fourth-order valence-corrected chi connectivity index (χ4v) is 1.54. The second-order valence-electron chi connectivity index (χ2n) is 4.06. The van der Waals surface area contributed by atoms with Crippen molar-refractivity contribution in [1.29, 1.82) is 0 Å². The summed E-state index contributed by atoms with van der Waals surface area (Å²) in [6, 6.07) is 7.90. The summed E-state index contributed by atoms with van der Waals surface area (Å²) < 4.78 is 1.78. The molecule has 2 aromatic rings. The van der Waals surface area contributed by atoms with E-state index in [1.165, 1.54) is 0 Å². The number of rotatable bonds is 3. The van der Waals surface area contributed by atoms with Crippen molar-refractivity contribution in [2.75, 3.05) is 6.54 Å². The maximum atomic E-state index is 9.87. The highest BCUT2D eigenvalue weighted by Gasteiger charge is 2.19. The van der Waals surface area contributed by atoms with Crippen molar-refractivity contribution in [1.82, 2.24) is 9.78 Å². The Kier molecular flexibility index (Phi) is 2.46. The Bertz CT molecular complexity index is 462. The van der Waals surface area contributed by atoms with Crippen molar-refractivity contribution >= 4 is 10.9 Å². The third-order valence-corrected chi connectivity index (χ3v) is 2.48. The van der Waals surface area contributed by atoms with Gasteiger partial charge in [0.05, 0.1) is 23.9 Å². The Morgan fingerprint density at radius 2 is 2.20 bits per heavy atom. The molecule has 0 radical (unpaired) electrons. The Morgan fingerprint density at radius 1 is 1.47 bits per heavy atom. The second-order valence-corrected chi connectivity index (χ2v) is 4.06. The number of hydrogen-bond acceptors (Lipinski definition) is 3. The average Bonchev–Trinajstić information content (AvgIpc) is 2.62. The van der Waals surface area contributed by atoms with Gasteiger partial charge in [0.1, 0.15) is 0 Å². The van der Waals surface area contributed by atoms with Crippen molar-refractivity contribution < 1.29 is 5.11 Å². The van der Waals surface area contributed by atoms with E-state index in [1.807, 2.05) is 24.3 Å². The van der Waals surface area contributed by atoms with Crippen LogP contribution in [-0.2, 0) is 6.54 Å². The lowest BCUT2D eigenvalue weighted by Gasteiger charge is -2.21. The van der Waals surface area contributed by atoms with Crippen molar-refractivity contribution in [2.24, 2.45) is 5.73 Å². The normalized spacial score (nSPS) is 15.4. The van der Waals surface area contributed by atoms with Crippen molar-refractivity contribution in [3.8, 4) is 0 Å². The van der Waals surface area contributed by atoms with Crippen LogP contribution in [0.1, 0.15) is 6.92 Å². The van der Waals surface area contributed by atoms with E-state index < -0.39 is 5.60 Å². The molecule has 0 aliphatic carbocycles. The molecule has 4 heteroatoms. The lowest BCUT2D eigenvalue weighted by atomic mass is 10.1. The van der Waals surface area contributed by atoms with E-state index in [1.54, 1.807) is 17.8 Å². The molecule has 3 N–H and O–H groups in total. The Hall–Kier alpha value is -1.39. The molecule has 1 unspecified atom stereocenters. The minimum absolute atomic E-state index is 0.223. The number of aromatic nitrogens is 2. The molecule has 1 aromatic carbocycles. The third-order valence-electron chi connectivity index (χ3n) is 2.48. The van der Waals surface area contributed by atoms with Gasteiger partial charge in [-0.2, -0.15) is 5.10 Å². The highest BCUT2D eigenvalue weighted by atomic mass is 16.3. The van der Waals surface area contributed by atoms with Gasteiger partial charge in [-0.3, -0.25) is 4.68 Å². The van der Waals surface area contributed by atoms with E-state index in [9.17, 15) is 5.11 Å².